The van der Waals surface area contributed by atoms with E-state index in [1.165, 1.54) is 19.2 Å². The Hall–Kier alpha value is -1.82. The van der Waals surface area contributed by atoms with Crippen molar-refractivity contribution < 1.29 is 19.0 Å². The standard InChI is InChI=1S/C14H19FN2O3/c1-20-13-10-11(15)2-3-12(13)17-8-6-16(7-9-17)5-4-14(18)19/h2-3,10H,4-9H2,1H3,(H,18,19). The predicted octanol–water partition coefficient (Wildman–Crippen LogP) is 1.43. The van der Waals surface area contributed by atoms with E-state index in [0.717, 1.165) is 31.9 Å². The highest BCUT2D eigenvalue weighted by Gasteiger charge is 2.20. The van der Waals surface area contributed by atoms with E-state index in [9.17, 15) is 9.18 Å². The molecule has 0 aromatic heterocycles. The molecule has 1 fully saturated rings. The maximum absolute atomic E-state index is 13.2. The molecular weight excluding hydrogens is 263 g/mol. The van der Waals surface area contributed by atoms with Crippen molar-refractivity contribution >= 4 is 11.7 Å². The molecule has 0 aliphatic carbocycles. The SMILES string of the molecule is COc1cc(F)ccc1N1CCN(CCC(=O)O)CC1. The summed E-state index contributed by atoms with van der Waals surface area (Å²) in [6.45, 7) is 3.73. The van der Waals surface area contributed by atoms with Gasteiger partial charge < -0.3 is 14.7 Å². The van der Waals surface area contributed by atoms with Crippen molar-refractivity contribution in [1.29, 1.82) is 0 Å². The minimum atomic E-state index is -0.771. The van der Waals surface area contributed by atoms with Crippen molar-refractivity contribution in [3.8, 4) is 5.75 Å². The van der Waals surface area contributed by atoms with Gasteiger partial charge in [0.15, 0.2) is 0 Å². The lowest BCUT2D eigenvalue weighted by molar-refractivity contribution is -0.137. The average Bonchev–Trinajstić information content (AvgIpc) is 2.45. The number of carbonyl (C=O) groups is 1. The van der Waals surface area contributed by atoms with Crippen molar-refractivity contribution in [1.82, 2.24) is 4.90 Å². The van der Waals surface area contributed by atoms with Crippen LogP contribution in [0, 0.1) is 5.82 Å². The van der Waals surface area contributed by atoms with Crippen molar-refractivity contribution in [2.45, 2.75) is 6.42 Å². The summed E-state index contributed by atoms with van der Waals surface area (Å²) < 4.78 is 18.4. The molecule has 1 aliphatic rings. The summed E-state index contributed by atoms with van der Waals surface area (Å²) in [6.07, 6.45) is 0.167. The second kappa shape index (κ2) is 6.56. The molecule has 0 amide bonds. The van der Waals surface area contributed by atoms with Gasteiger partial charge in [-0.3, -0.25) is 9.69 Å². The highest BCUT2D eigenvalue weighted by Crippen LogP contribution is 2.29. The van der Waals surface area contributed by atoms with Crippen molar-refractivity contribution in [3.05, 3.63) is 24.0 Å². The van der Waals surface area contributed by atoms with Gasteiger partial charge in [-0.1, -0.05) is 0 Å². The third-order valence-corrected chi connectivity index (χ3v) is 3.50. The fourth-order valence-electron chi connectivity index (χ4n) is 2.38. The van der Waals surface area contributed by atoms with Gasteiger partial charge in [0.1, 0.15) is 11.6 Å². The van der Waals surface area contributed by atoms with Crippen LogP contribution < -0.4 is 9.64 Å². The van der Waals surface area contributed by atoms with Gasteiger partial charge in [0, 0.05) is 38.8 Å². The van der Waals surface area contributed by atoms with E-state index in [0.29, 0.717) is 12.3 Å². The Morgan fingerprint density at radius 3 is 2.65 bits per heavy atom. The summed E-state index contributed by atoms with van der Waals surface area (Å²) in [6, 6.07) is 4.53. The summed E-state index contributed by atoms with van der Waals surface area (Å²) in [5, 5.41) is 8.68. The molecule has 5 nitrogen and oxygen atoms in total. The molecule has 20 heavy (non-hydrogen) atoms. The molecule has 1 saturated heterocycles. The normalized spacial score (nSPS) is 16.2. The van der Waals surface area contributed by atoms with Crippen molar-refractivity contribution in [3.63, 3.8) is 0 Å². The molecule has 1 N–H and O–H groups in total. The van der Waals surface area contributed by atoms with E-state index in [1.807, 2.05) is 0 Å². The lowest BCUT2D eigenvalue weighted by Gasteiger charge is -2.36. The van der Waals surface area contributed by atoms with Crippen LogP contribution in [0.4, 0.5) is 10.1 Å². The molecule has 110 valence electrons. The summed E-state index contributed by atoms with van der Waals surface area (Å²) in [5.74, 6) is -0.553. The average molecular weight is 282 g/mol. The van der Waals surface area contributed by atoms with Crippen LogP contribution in [0.3, 0.4) is 0 Å². The number of methoxy groups -OCH3 is 1. The zero-order valence-corrected chi connectivity index (χ0v) is 11.5. The van der Waals surface area contributed by atoms with Crippen LogP contribution in [0.2, 0.25) is 0 Å². The van der Waals surface area contributed by atoms with E-state index in [2.05, 4.69) is 9.80 Å². The quantitative estimate of drug-likeness (QED) is 0.885. The molecule has 0 radical (unpaired) electrons. The number of carboxylic acids is 1. The van der Waals surface area contributed by atoms with Crippen LogP contribution in [-0.2, 0) is 4.79 Å². The number of carboxylic acid groups (broad SMARTS) is 1. The molecule has 1 aliphatic heterocycles. The second-order valence-electron chi connectivity index (χ2n) is 4.79. The molecule has 0 atom stereocenters. The number of benzene rings is 1. The van der Waals surface area contributed by atoms with Gasteiger partial charge in [0.2, 0.25) is 0 Å². The first kappa shape index (κ1) is 14.6. The number of nitrogens with zero attached hydrogens (tertiary/aromatic N) is 2. The van der Waals surface area contributed by atoms with Gasteiger partial charge in [-0.05, 0) is 12.1 Å². The zero-order valence-electron chi connectivity index (χ0n) is 11.5. The Bertz CT molecular complexity index is 473. The Balaban J connectivity index is 1.95. The lowest BCUT2D eigenvalue weighted by atomic mass is 10.2. The number of aliphatic carboxylic acids is 1. The minimum absolute atomic E-state index is 0.167. The molecule has 1 aromatic carbocycles. The number of anilines is 1. The third-order valence-electron chi connectivity index (χ3n) is 3.50. The van der Waals surface area contributed by atoms with Crippen molar-refractivity contribution in [2.75, 3.05) is 44.7 Å². The summed E-state index contributed by atoms with van der Waals surface area (Å²) >= 11 is 0. The molecule has 0 spiro atoms. The molecular formula is C14H19FN2O3. The lowest BCUT2D eigenvalue weighted by Crippen LogP contribution is -2.47. The molecule has 0 saturated carbocycles. The Morgan fingerprint density at radius 2 is 2.05 bits per heavy atom. The van der Waals surface area contributed by atoms with Gasteiger partial charge in [-0.2, -0.15) is 0 Å². The highest BCUT2D eigenvalue weighted by atomic mass is 19.1. The van der Waals surface area contributed by atoms with Crippen LogP contribution in [0.25, 0.3) is 0 Å². The van der Waals surface area contributed by atoms with E-state index in [4.69, 9.17) is 9.84 Å². The Labute approximate surface area is 117 Å². The van der Waals surface area contributed by atoms with Crippen LogP contribution in [0.5, 0.6) is 5.75 Å². The number of ether oxygens (including phenoxy) is 1. The summed E-state index contributed by atoms with van der Waals surface area (Å²) in [5.41, 5.74) is 0.881. The summed E-state index contributed by atoms with van der Waals surface area (Å²) in [7, 11) is 1.53. The van der Waals surface area contributed by atoms with Gasteiger partial charge >= 0.3 is 5.97 Å². The van der Waals surface area contributed by atoms with E-state index < -0.39 is 5.97 Å². The van der Waals surface area contributed by atoms with E-state index >= 15 is 0 Å². The largest absolute Gasteiger partial charge is 0.494 e. The fourth-order valence-corrected chi connectivity index (χ4v) is 2.38. The van der Waals surface area contributed by atoms with Gasteiger partial charge in [-0.15, -0.1) is 0 Å². The van der Waals surface area contributed by atoms with E-state index in [-0.39, 0.29) is 12.2 Å². The molecule has 0 bridgehead atoms. The number of hydrogen-bond donors (Lipinski definition) is 1. The third kappa shape index (κ3) is 3.60. The fraction of sp³-hybridized carbons (Fsp3) is 0.500. The Morgan fingerprint density at radius 1 is 1.35 bits per heavy atom. The molecule has 1 aromatic rings. The smallest absolute Gasteiger partial charge is 0.304 e. The van der Waals surface area contributed by atoms with Crippen LogP contribution in [0.1, 0.15) is 6.42 Å². The Kier molecular flexibility index (Phi) is 4.79. The van der Waals surface area contributed by atoms with Gasteiger partial charge in [0.25, 0.3) is 0 Å². The first-order valence-corrected chi connectivity index (χ1v) is 6.63. The molecule has 0 unspecified atom stereocenters. The summed E-state index contributed by atoms with van der Waals surface area (Å²) in [4.78, 5) is 14.8. The first-order chi connectivity index (χ1) is 9.60. The molecule has 6 heteroatoms. The van der Waals surface area contributed by atoms with E-state index in [1.54, 1.807) is 6.07 Å². The monoisotopic (exact) mass is 282 g/mol. The maximum atomic E-state index is 13.2. The number of hydrogen-bond acceptors (Lipinski definition) is 4. The van der Waals surface area contributed by atoms with Crippen LogP contribution >= 0.6 is 0 Å². The predicted molar refractivity (Wildman–Crippen MR) is 73.9 cm³/mol. The molecule has 1 heterocycles. The number of halogens is 1. The molecule has 2 rings (SSSR count). The van der Waals surface area contributed by atoms with Crippen LogP contribution in [-0.4, -0.2) is 55.8 Å². The topological polar surface area (TPSA) is 53.0 Å². The van der Waals surface area contributed by atoms with Gasteiger partial charge in [0.05, 0.1) is 19.2 Å². The van der Waals surface area contributed by atoms with Crippen molar-refractivity contribution in [2.24, 2.45) is 0 Å². The van der Waals surface area contributed by atoms with Gasteiger partial charge in [-0.25, -0.2) is 4.39 Å². The number of rotatable bonds is 5. The number of piperazine rings is 1. The second-order valence-corrected chi connectivity index (χ2v) is 4.79. The minimum Gasteiger partial charge on any atom is -0.494 e. The highest BCUT2D eigenvalue weighted by molar-refractivity contribution is 5.66. The zero-order chi connectivity index (χ0) is 14.5. The van der Waals surface area contributed by atoms with Crippen LogP contribution in [0.15, 0.2) is 18.2 Å². The first-order valence-electron chi connectivity index (χ1n) is 6.63. The maximum Gasteiger partial charge on any atom is 0.304 e.